The fourth-order valence-electron chi connectivity index (χ4n) is 2.32. The number of fused-ring (bicyclic) bond motifs is 1. The molecule has 2 aromatic carbocycles. The summed E-state index contributed by atoms with van der Waals surface area (Å²) in [6.07, 6.45) is 0.530. The van der Waals surface area contributed by atoms with Crippen LogP contribution in [0.5, 0.6) is 5.75 Å². The van der Waals surface area contributed by atoms with E-state index in [0.29, 0.717) is 42.1 Å². The maximum atomic E-state index is 12.9. The first kappa shape index (κ1) is 16.1. The molecular formula is C18H17FN2O3. The molecule has 0 atom stereocenters. The predicted octanol–water partition coefficient (Wildman–Crippen LogP) is 2.83. The molecule has 124 valence electrons. The van der Waals surface area contributed by atoms with Gasteiger partial charge in [0, 0.05) is 19.6 Å². The van der Waals surface area contributed by atoms with Crippen LogP contribution in [0.4, 0.5) is 4.39 Å². The number of hydrogen-bond acceptors (Lipinski definition) is 4. The lowest BCUT2D eigenvalue weighted by molar-refractivity contribution is 0.200. The third kappa shape index (κ3) is 3.78. The van der Waals surface area contributed by atoms with Crippen molar-refractivity contribution in [3.8, 4) is 5.75 Å². The van der Waals surface area contributed by atoms with Gasteiger partial charge in [-0.15, -0.1) is 0 Å². The lowest BCUT2D eigenvalue weighted by Gasteiger charge is -2.08. The number of aromatic amines is 1. The van der Waals surface area contributed by atoms with Gasteiger partial charge in [0.2, 0.25) is 0 Å². The van der Waals surface area contributed by atoms with Crippen molar-refractivity contribution in [2.24, 2.45) is 0 Å². The Morgan fingerprint density at radius 2 is 1.96 bits per heavy atom. The van der Waals surface area contributed by atoms with Crippen LogP contribution in [-0.2, 0) is 17.8 Å². The second-order valence-electron chi connectivity index (χ2n) is 5.35. The fourth-order valence-corrected chi connectivity index (χ4v) is 2.32. The largest absolute Gasteiger partial charge is 0.489 e. The minimum absolute atomic E-state index is 0.184. The van der Waals surface area contributed by atoms with Crippen molar-refractivity contribution < 1.29 is 13.9 Å². The van der Waals surface area contributed by atoms with Crippen molar-refractivity contribution in [1.29, 1.82) is 0 Å². The number of benzene rings is 2. The van der Waals surface area contributed by atoms with Gasteiger partial charge in [0.1, 0.15) is 24.0 Å². The number of rotatable bonds is 6. The van der Waals surface area contributed by atoms with Crippen LogP contribution in [0.25, 0.3) is 10.9 Å². The van der Waals surface area contributed by atoms with E-state index >= 15 is 0 Å². The minimum Gasteiger partial charge on any atom is -0.489 e. The Morgan fingerprint density at radius 1 is 1.17 bits per heavy atom. The number of ether oxygens (including phenoxy) is 2. The van der Waals surface area contributed by atoms with Gasteiger partial charge in [-0.25, -0.2) is 9.37 Å². The zero-order valence-electron chi connectivity index (χ0n) is 13.2. The Labute approximate surface area is 138 Å². The highest BCUT2D eigenvalue weighted by Gasteiger charge is 2.06. The molecule has 0 amide bonds. The molecule has 24 heavy (non-hydrogen) atoms. The maximum absolute atomic E-state index is 12.9. The molecule has 0 fully saturated rings. The molecule has 3 rings (SSSR count). The fraction of sp³-hybridized carbons (Fsp3) is 0.222. The average Bonchev–Trinajstić information content (AvgIpc) is 2.59. The summed E-state index contributed by atoms with van der Waals surface area (Å²) < 4.78 is 23.6. The highest BCUT2D eigenvalue weighted by Crippen LogP contribution is 2.18. The molecule has 0 aliphatic rings. The average molecular weight is 328 g/mol. The highest BCUT2D eigenvalue weighted by molar-refractivity contribution is 5.79. The molecule has 1 N–H and O–H groups in total. The van der Waals surface area contributed by atoms with Crippen molar-refractivity contribution >= 4 is 10.9 Å². The first-order valence-electron chi connectivity index (χ1n) is 7.55. The van der Waals surface area contributed by atoms with E-state index < -0.39 is 0 Å². The van der Waals surface area contributed by atoms with Crippen LogP contribution in [0.2, 0.25) is 0 Å². The van der Waals surface area contributed by atoms with Crippen LogP contribution in [0.1, 0.15) is 11.4 Å². The van der Waals surface area contributed by atoms with E-state index in [-0.39, 0.29) is 11.4 Å². The number of nitrogens with one attached hydrogen (secondary N) is 1. The Balaban J connectivity index is 1.81. The summed E-state index contributed by atoms with van der Waals surface area (Å²) in [6, 6.07) is 11.2. The van der Waals surface area contributed by atoms with E-state index in [1.54, 1.807) is 37.4 Å². The van der Waals surface area contributed by atoms with Crippen LogP contribution in [0, 0.1) is 5.82 Å². The molecule has 0 aliphatic heterocycles. The van der Waals surface area contributed by atoms with Crippen LogP contribution >= 0.6 is 0 Å². The lowest BCUT2D eigenvalue weighted by Crippen LogP contribution is -2.13. The normalized spacial score (nSPS) is 10.9. The van der Waals surface area contributed by atoms with E-state index in [4.69, 9.17) is 9.47 Å². The second kappa shape index (κ2) is 7.23. The quantitative estimate of drug-likeness (QED) is 0.756. The monoisotopic (exact) mass is 328 g/mol. The lowest BCUT2D eigenvalue weighted by atomic mass is 10.2. The highest BCUT2D eigenvalue weighted by atomic mass is 19.1. The number of H-pyrrole nitrogens is 1. The van der Waals surface area contributed by atoms with Gasteiger partial charge in [-0.1, -0.05) is 12.1 Å². The first-order chi connectivity index (χ1) is 11.7. The SMILES string of the molecule is COCCc1nc2cc(OCc3ccc(F)cc3)ccc2c(=O)[nH]1. The molecule has 1 heterocycles. The molecule has 5 nitrogen and oxygen atoms in total. The molecule has 0 saturated heterocycles. The van der Waals surface area contributed by atoms with Crippen LogP contribution in [0.3, 0.4) is 0 Å². The number of aromatic nitrogens is 2. The topological polar surface area (TPSA) is 64.2 Å². The van der Waals surface area contributed by atoms with E-state index in [1.165, 1.54) is 12.1 Å². The van der Waals surface area contributed by atoms with Crippen molar-refractivity contribution in [1.82, 2.24) is 9.97 Å². The van der Waals surface area contributed by atoms with E-state index in [0.717, 1.165) is 5.56 Å². The zero-order chi connectivity index (χ0) is 16.9. The Kier molecular flexibility index (Phi) is 4.86. The third-order valence-electron chi connectivity index (χ3n) is 3.59. The first-order valence-corrected chi connectivity index (χ1v) is 7.55. The second-order valence-corrected chi connectivity index (χ2v) is 5.35. The van der Waals surface area contributed by atoms with Crippen molar-refractivity contribution in [3.05, 3.63) is 70.0 Å². The molecule has 0 bridgehead atoms. The summed E-state index contributed by atoms with van der Waals surface area (Å²) in [5, 5.41) is 0.505. The van der Waals surface area contributed by atoms with E-state index in [9.17, 15) is 9.18 Å². The number of nitrogens with zero attached hydrogens (tertiary/aromatic N) is 1. The minimum atomic E-state index is -0.281. The number of methoxy groups -OCH3 is 1. The molecular weight excluding hydrogens is 311 g/mol. The molecule has 3 aromatic rings. The summed E-state index contributed by atoms with van der Waals surface area (Å²) >= 11 is 0. The molecule has 6 heteroatoms. The predicted molar refractivity (Wildman–Crippen MR) is 88.7 cm³/mol. The molecule has 0 spiro atoms. The summed E-state index contributed by atoms with van der Waals surface area (Å²) in [4.78, 5) is 19.3. The van der Waals surface area contributed by atoms with Crippen molar-refractivity contribution in [2.75, 3.05) is 13.7 Å². The van der Waals surface area contributed by atoms with Crippen LogP contribution in [0.15, 0.2) is 47.3 Å². The smallest absolute Gasteiger partial charge is 0.258 e. The van der Waals surface area contributed by atoms with Gasteiger partial charge < -0.3 is 14.5 Å². The van der Waals surface area contributed by atoms with Gasteiger partial charge in [-0.3, -0.25) is 4.79 Å². The third-order valence-corrected chi connectivity index (χ3v) is 3.59. The number of hydrogen-bond donors (Lipinski definition) is 1. The van der Waals surface area contributed by atoms with Crippen LogP contribution < -0.4 is 10.3 Å². The molecule has 0 radical (unpaired) electrons. The van der Waals surface area contributed by atoms with Crippen LogP contribution in [-0.4, -0.2) is 23.7 Å². The molecule has 0 aliphatic carbocycles. The standard InChI is InChI=1S/C18H17FN2O3/c1-23-9-8-17-20-16-10-14(6-7-15(16)18(22)21-17)24-11-12-2-4-13(19)5-3-12/h2-7,10H,8-9,11H2,1H3,(H,20,21,22). The Bertz CT molecular complexity index is 891. The number of halogens is 1. The van der Waals surface area contributed by atoms with E-state index in [1.807, 2.05) is 0 Å². The van der Waals surface area contributed by atoms with Gasteiger partial charge in [0.25, 0.3) is 5.56 Å². The summed E-state index contributed by atoms with van der Waals surface area (Å²) in [5.41, 5.74) is 1.24. The van der Waals surface area contributed by atoms with E-state index in [2.05, 4.69) is 9.97 Å². The van der Waals surface area contributed by atoms with Crippen molar-refractivity contribution in [2.45, 2.75) is 13.0 Å². The summed E-state index contributed by atoms with van der Waals surface area (Å²) in [5.74, 6) is 0.893. The van der Waals surface area contributed by atoms with Crippen molar-refractivity contribution in [3.63, 3.8) is 0 Å². The van der Waals surface area contributed by atoms with Gasteiger partial charge in [0.15, 0.2) is 0 Å². The van der Waals surface area contributed by atoms with Gasteiger partial charge in [-0.2, -0.15) is 0 Å². The molecule has 0 unspecified atom stereocenters. The summed E-state index contributed by atoms with van der Waals surface area (Å²) in [6.45, 7) is 0.792. The summed E-state index contributed by atoms with van der Waals surface area (Å²) in [7, 11) is 1.60. The molecule has 0 saturated carbocycles. The Morgan fingerprint density at radius 3 is 2.71 bits per heavy atom. The zero-order valence-corrected chi connectivity index (χ0v) is 13.2. The van der Waals surface area contributed by atoms with Gasteiger partial charge >= 0.3 is 0 Å². The Hall–Kier alpha value is -2.73. The molecule has 1 aromatic heterocycles. The maximum Gasteiger partial charge on any atom is 0.258 e. The van der Waals surface area contributed by atoms with Gasteiger partial charge in [-0.05, 0) is 29.8 Å². The van der Waals surface area contributed by atoms with Gasteiger partial charge in [0.05, 0.1) is 17.5 Å².